The Morgan fingerprint density at radius 3 is 2.89 bits per heavy atom. The zero-order chi connectivity index (χ0) is 18.8. The van der Waals surface area contributed by atoms with Crippen LogP contribution in [0.3, 0.4) is 0 Å². The maximum atomic E-state index is 12.3. The van der Waals surface area contributed by atoms with Gasteiger partial charge >= 0.3 is 6.09 Å². The van der Waals surface area contributed by atoms with Gasteiger partial charge in [0.1, 0.15) is 12.4 Å². The Labute approximate surface area is 167 Å². The van der Waals surface area contributed by atoms with Crippen molar-refractivity contribution in [3.63, 3.8) is 0 Å². The van der Waals surface area contributed by atoms with Crippen LogP contribution in [-0.2, 0) is 11.3 Å². The molecule has 2 N–H and O–H groups in total. The number of carbonyl (C=O) groups is 1. The molecule has 2 unspecified atom stereocenters. The Hall–Kier alpha value is -1.99. The lowest BCUT2D eigenvalue weighted by Gasteiger charge is -2.37. The van der Waals surface area contributed by atoms with Gasteiger partial charge in [0.15, 0.2) is 0 Å². The summed E-state index contributed by atoms with van der Waals surface area (Å²) >= 11 is 7.54. The summed E-state index contributed by atoms with van der Waals surface area (Å²) in [4.78, 5) is 15.4. The topological polar surface area (TPSA) is 70.2 Å². The number of hydrogen-bond acceptors (Lipinski definition) is 5. The number of nitrogens with zero attached hydrogens (tertiary/aromatic N) is 2. The van der Waals surface area contributed by atoms with Crippen LogP contribution in [0.15, 0.2) is 30.9 Å². The van der Waals surface area contributed by atoms with Crippen LogP contribution in [0.2, 0.25) is 4.34 Å². The van der Waals surface area contributed by atoms with Gasteiger partial charge in [0.25, 0.3) is 0 Å². The number of fused-ring (bicyclic) bond motifs is 2. The zero-order valence-corrected chi connectivity index (χ0v) is 16.6. The van der Waals surface area contributed by atoms with E-state index in [-0.39, 0.29) is 24.8 Å². The molecule has 27 heavy (non-hydrogen) atoms. The molecule has 2 fully saturated rings. The first-order valence-electron chi connectivity index (χ1n) is 9.23. The minimum Gasteiger partial charge on any atom is -0.445 e. The maximum absolute atomic E-state index is 12.3. The average Bonchev–Trinajstić information content (AvgIpc) is 3.36. The van der Waals surface area contributed by atoms with Crippen molar-refractivity contribution in [2.75, 3.05) is 11.9 Å². The van der Waals surface area contributed by atoms with Crippen molar-refractivity contribution >= 4 is 34.8 Å². The minimum atomic E-state index is -0.206. The van der Waals surface area contributed by atoms with E-state index in [1.54, 1.807) is 17.4 Å². The van der Waals surface area contributed by atoms with Crippen LogP contribution < -0.4 is 5.32 Å². The number of aromatic nitrogens is 2. The summed E-state index contributed by atoms with van der Waals surface area (Å²) in [7, 11) is 0. The minimum absolute atomic E-state index is 0.206. The second kappa shape index (κ2) is 7.94. The molecule has 2 aromatic rings. The van der Waals surface area contributed by atoms with Crippen LogP contribution in [-0.4, -0.2) is 39.9 Å². The molecule has 0 radical (unpaired) electrons. The highest BCUT2D eigenvalue weighted by Gasteiger charge is 2.44. The van der Waals surface area contributed by atoms with Crippen molar-refractivity contribution in [1.82, 2.24) is 15.1 Å². The predicted molar refractivity (Wildman–Crippen MR) is 107 cm³/mol. The second-order valence-corrected chi connectivity index (χ2v) is 8.89. The molecular formula is C19H23ClN4O2S. The number of aromatic amines is 1. The van der Waals surface area contributed by atoms with Gasteiger partial charge in [-0.05, 0) is 37.8 Å². The fourth-order valence-corrected chi connectivity index (χ4v) is 5.22. The molecule has 2 aliphatic rings. The molecule has 0 aromatic carbocycles. The largest absolute Gasteiger partial charge is 0.445 e. The highest BCUT2D eigenvalue weighted by molar-refractivity contribution is 7.16. The summed E-state index contributed by atoms with van der Waals surface area (Å²) in [5.74, 6) is 1.24. The third kappa shape index (κ3) is 3.99. The first kappa shape index (κ1) is 18.4. The van der Waals surface area contributed by atoms with E-state index in [9.17, 15) is 4.79 Å². The average molecular weight is 407 g/mol. The summed E-state index contributed by atoms with van der Waals surface area (Å²) in [5.41, 5.74) is 1.14. The second-order valence-electron chi connectivity index (χ2n) is 7.09. The van der Waals surface area contributed by atoms with E-state index in [0.717, 1.165) is 41.5 Å². The van der Waals surface area contributed by atoms with Gasteiger partial charge in [-0.15, -0.1) is 11.3 Å². The summed E-state index contributed by atoms with van der Waals surface area (Å²) in [6.07, 6.45) is 5.38. The fourth-order valence-electron chi connectivity index (χ4n) is 4.19. The van der Waals surface area contributed by atoms with Gasteiger partial charge < -0.3 is 15.0 Å². The number of halogens is 1. The number of carbonyl (C=O) groups excluding carboxylic acids is 1. The van der Waals surface area contributed by atoms with E-state index in [4.69, 9.17) is 16.3 Å². The summed E-state index contributed by atoms with van der Waals surface area (Å²) in [6.45, 7) is 4.58. The highest BCUT2D eigenvalue weighted by atomic mass is 35.5. The smallest absolute Gasteiger partial charge is 0.410 e. The standard InChI is InChI=1S/C19H23ClN4O2S/c1-2-7-26-19(25)24-13-3-4-14(24)9-12(8-13)16-10-18(23-22-16)21-11-15-5-6-17(20)27-15/h2,5-6,10,12-14H,1,3-4,7-9,11H2,(H2,21,22,23). The SMILES string of the molecule is C=CCOC(=O)N1C2CCC1CC(c1cc(NCc3ccc(Cl)s3)n[nH]1)C2. The van der Waals surface area contributed by atoms with E-state index in [0.29, 0.717) is 12.5 Å². The molecule has 8 heteroatoms. The molecule has 0 spiro atoms. The summed E-state index contributed by atoms with van der Waals surface area (Å²) in [6, 6.07) is 6.51. The van der Waals surface area contributed by atoms with Gasteiger partial charge in [0.2, 0.25) is 0 Å². The Balaban J connectivity index is 1.36. The van der Waals surface area contributed by atoms with Crippen LogP contribution in [0.5, 0.6) is 0 Å². The molecule has 0 saturated carbocycles. The van der Waals surface area contributed by atoms with E-state index in [1.165, 1.54) is 4.88 Å². The lowest BCUT2D eigenvalue weighted by Crippen LogP contribution is -2.46. The zero-order valence-electron chi connectivity index (χ0n) is 15.0. The van der Waals surface area contributed by atoms with Crippen LogP contribution in [0.4, 0.5) is 10.6 Å². The molecule has 2 atom stereocenters. The monoisotopic (exact) mass is 406 g/mol. The van der Waals surface area contributed by atoms with Crippen molar-refractivity contribution in [1.29, 1.82) is 0 Å². The Morgan fingerprint density at radius 2 is 2.22 bits per heavy atom. The van der Waals surface area contributed by atoms with Gasteiger partial charge in [-0.3, -0.25) is 5.10 Å². The highest BCUT2D eigenvalue weighted by Crippen LogP contribution is 2.43. The first-order chi connectivity index (χ1) is 13.1. The molecular weight excluding hydrogens is 384 g/mol. The van der Waals surface area contributed by atoms with Gasteiger partial charge in [-0.1, -0.05) is 24.3 Å². The van der Waals surface area contributed by atoms with Crippen LogP contribution in [0.1, 0.15) is 42.2 Å². The number of anilines is 1. The lowest BCUT2D eigenvalue weighted by molar-refractivity contribution is 0.0723. The van der Waals surface area contributed by atoms with E-state index in [2.05, 4.69) is 28.2 Å². The van der Waals surface area contributed by atoms with Gasteiger partial charge in [-0.2, -0.15) is 5.10 Å². The quantitative estimate of drug-likeness (QED) is 0.678. The normalized spacial score (nSPS) is 24.0. The van der Waals surface area contributed by atoms with Crippen molar-refractivity contribution < 1.29 is 9.53 Å². The molecule has 6 nitrogen and oxygen atoms in total. The number of hydrogen-bond donors (Lipinski definition) is 2. The summed E-state index contributed by atoms with van der Waals surface area (Å²) in [5, 5.41) is 10.9. The number of H-pyrrole nitrogens is 1. The maximum Gasteiger partial charge on any atom is 0.410 e. The molecule has 2 bridgehead atoms. The molecule has 1 amide bonds. The van der Waals surface area contributed by atoms with Gasteiger partial charge in [0, 0.05) is 34.6 Å². The number of piperidine rings is 1. The Morgan fingerprint density at radius 1 is 1.44 bits per heavy atom. The molecule has 2 saturated heterocycles. The molecule has 144 valence electrons. The molecule has 4 rings (SSSR count). The number of ether oxygens (including phenoxy) is 1. The van der Waals surface area contributed by atoms with E-state index in [1.807, 2.05) is 17.0 Å². The Bertz CT molecular complexity index is 806. The van der Waals surface area contributed by atoms with Gasteiger partial charge in [0.05, 0.1) is 10.9 Å². The molecule has 4 heterocycles. The van der Waals surface area contributed by atoms with Gasteiger partial charge in [-0.25, -0.2) is 4.79 Å². The Kier molecular flexibility index (Phi) is 5.41. The number of nitrogens with one attached hydrogen (secondary N) is 2. The van der Waals surface area contributed by atoms with Crippen molar-refractivity contribution in [2.45, 2.75) is 50.2 Å². The van der Waals surface area contributed by atoms with Crippen LogP contribution in [0.25, 0.3) is 0 Å². The molecule has 2 aliphatic heterocycles. The fraction of sp³-hybridized carbons (Fsp3) is 0.474. The van der Waals surface area contributed by atoms with Crippen molar-refractivity contribution in [3.05, 3.63) is 45.8 Å². The van der Waals surface area contributed by atoms with Crippen molar-refractivity contribution in [3.8, 4) is 0 Å². The van der Waals surface area contributed by atoms with E-state index >= 15 is 0 Å². The third-order valence-electron chi connectivity index (χ3n) is 5.38. The molecule has 2 aromatic heterocycles. The predicted octanol–water partition coefficient (Wildman–Crippen LogP) is 4.77. The number of rotatable bonds is 6. The lowest BCUT2D eigenvalue weighted by atomic mass is 9.88. The third-order valence-corrected chi connectivity index (χ3v) is 6.61. The van der Waals surface area contributed by atoms with Crippen LogP contribution >= 0.6 is 22.9 Å². The summed E-state index contributed by atoms with van der Waals surface area (Å²) < 4.78 is 6.06. The molecule has 0 aliphatic carbocycles. The first-order valence-corrected chi connectivity index (χ1v) is 10.4. The van der Waals surface area contributed by atoms with Crippen LogP contribution in [0, 0.1) is 0 Å². The number of thiophene rings is 1. The van der Waals surface area contributed by atoms with E-state index < -0.39 is 0 Å². The number of amides is 1. The van der Waals surface area contributed by atoms with Crippen molar-refractivity contribution in [2.24, 2.45) is 0 Å².